The Bertz CT molecular complexity index is 902. The molecule has 2 aromatic rings. The Morgan fingerprint density at radius 2 is 1.76 bits per heavy atom. The average molecular weight is 369 g/mol. The van der Waals surface area contributed by atoms with E-state index >= 15 is 0 Å². The minimum Gasteiger partial charge on any atom is -0.326 e. The molecular formula is C16H14F3N3O2S. The molecule has 0 saturated heterocycles. The van der Waals surface area contributed by atoms with E-state index in [9.17, 15) is 21.6 Å². The van der Waals surface area contributed by atoms with Crippen LogP contribution in [0, 0.1) is 11.3 Å². The number of nitrogens with zero attached hydrogens (tertiary/aromatic N) is 1. The van der Waals surface area contributed by atoms with Crippen LogP contribution in [-0.4, -0.2) is 8.42 Å². The molecule has 3 N–H and O–H groups in total. The Kier molecular flexibility index (Phi) is 5.35. The Balaban J connectivity index is 2.23. The van der Waals surface area contributed by atoms with Crippen molar-refractivity contribution in [2.75, 3.05) is 4.72 Å². The van der Waals surface area contributed by atoms with Crippen LogP contribution in [0.5, 0.6) is 0 Å². The highest BCUT2D eigenvalue weighted by atomic mass is 32.2. The van der Waals surface area contributed by atoms with Crippen LogP contribution in [0.1, 0.15) is 22.3 Å². The van der Waals surface area contributed by atoms with Crippen LogP contribution in [0.2, 0.25) is 0 Å². The Labute approximate surface area is 142 Å². The smallest absolute Gasteiger partial charge is 0.326 e. The van der Waals surface area contributed by atoms with Crippen molar-refractivity contribution in [2.24, 2.45) is 5.73 Å². The highest BCUT2D eigenvalue weighted by Crippen LogP contribution is 2.34. The molecule has 0 aliphatic carbocycles. The molecule has 132 valence electrons. The molecule has 5 nitrogen and oxygen atoms in total. The van der Waals surface area contributed by atoms with Gasteiger partial charge < -0.3 is 5.73 Å². The van der Waals surface area contributed by atoms with Gasteiger partial charge in [0, 0.05) is 12.2 Å². The lowest BCUT2D eigenvalue weighted by Gasteiger charge is -2.14. The van der Waals surface area contributed by atoms with E-state index in [0.29, 0.717) is 11.1 Å². The van der Waals surface area contributed by atoms with Crippen molar-refractivity contribution in [3.8, 4) is 6.07 Å². The summed E-state index contributed by atoms with van der Waals surface area (Å²) in [5.41, 5.74) is 4.77. The van der Waals surface area contributed by atoms with Crippen molar-refractivity contribution in [3.05, 3.63) is 64.7 Å². The summed E-state index contributed by atoms with van der Waals surface area (Å²) in [4.78, 5) is 0. The van der Waals surface area contributed by atoms with Gasteiger partial charge in [-0.15, -0.1) is 0 Å². The van der Waals surface area contributed by atoms with E-state index in [1.807, 2.05) is 6.07 Å². The fraction of sp³-hybridized carbons (Fsp3) is 0.188. The zero-order chi connectivity index (χ0) is 18.7. The topological polar surface area (TPSA) is 96.0 Å². The Morgan fingerprint density at radius 3 is 2.28 bits per heavy atom. The van der Waals surface area contributed by atoms with Gasteiger partial charge >= 0.3 is 6.18 Å². The average Bonchev–Trinajstić information content (AvgIpc) is 2.54. The maximum absolute atomic E-state index is 13.0. The third-order valence-electron chi connectivity index (χ3n) is 3.35. The number of nitriles is 1. The Hall–Kier alpha value is -2.57. The van der Waals surface area contributed by atoms with Gasteiger partial charge in [-0.1, -0.05) is 18.2 Å². The molecule has 25 heavy (non-hydrogen) atoms. The predicted molar refractivity (Wildman–Crippen MR) is 86.7 cm³/mol. The minimum atomic E-state index is -4.64. The number of benzene rings is 2. The van der Waals surface area contributed by atoms with E-state index < -0.39 is 27.5 Å². The fourth-order valence-corrected chi connectivity index (χ4v) is 3.38. The normalized spacial score (nSPS) is 11.8. The maximum Gasteiger partial charge on any atom is 0.416 e. The van der Waals surface area contributed by atoms with Crippen LogP contribution >= 0.6 is 0 Å². The van der Waals surface area contributed by atoms with Crippen molar-refractivity contribution >= 4 is 15.7 Å². The van der Waals surface area contributed by atoms with Crippen LogP contribution in [0.4, 0.5) is 18.9 Å². The second-order valence-electron chi connectivity index (χ2n) is 5.24. The van der Waals surface area contributed by atoms with E-state index in [2.05, 4.69) is 4.72 Å². The van der Waals surface area contributed by atoms with Crippen LogP contribution in [0.25, 0.3) is 0 Å². The van der Waals surface area contributed by atoms with Gasteiger partial charge in [-0.05, 0) is 35.4 Å². The molecule has 0 aliphatic heterocycles. The fourth-order valence-electron chi connectivity index (χ4n) is 2.19. The van der Waals surface area contributed by atoms with Crippen molar-refractivity contribution in [1.82, 2.24) is 0 Å². The molecule has 0 aromatic heterocycles. The molecule has 0 heterocycles. The second-order valence-corrected chi connectivity index (χ2v) is 6.97. The number of nitrogens with one attached hydrogen (secondary N) is 1. The largest absolute Gasteiger partial charge is 0.416 e. The first-order chi connectivity index (χ1) is 11.6. The lowest BCUT2D eigenvalue weighted by atomic mass is 10.1. The zero-order valence-electron chi connectivity index (χ0n) is 12.8. The quantitative estimate of drug-likeness (QED) is 0.847. The molecule has 9 heteroatoms. The number of halogens is 3. The van der Waals surface area contributed by atoms with Gasteiger partial charge in [0.15, 0.2) is 0 Å². The maximum atomic E-state index is 13.0. The van der Waals surface area contributed by atoms with Crippen molar-refractivity contribution in [3.63, 3.8) is 0 Å². The molecule has 0 amide bonds. The first-order valence-corrected chi connectivity index (χ1v) is 8.69. The van der Waals surface area contributed by atoms with Gasteiger partial charge in [-0.25, -0.2) is 8.42 Å². The second kappa shape index (κ2) is 7.13. The van der Waals surface area contributed by atoms with Gasteiger partial charge in [-0.3, -0.25) is 4.72 Å². The van der Waals surface area contributed by atoms with Crippen molar-refractivity contribution < 1.29 is 21.6 Å². The van der Waals surface area contributed by atoms with Gasteiger partial charge in [0.1, 0.15) is 0 Å². The van der Waals surface area contributed by atoms with Gasteiger partial charge in [0.2, 0.25) is 10.0 Å². The summed E-state index contributed by atoms with van der Waals surface area (Å²) >= 11 is 0. The Morgan fingerprint density at radius 1 is 1.12 bits per heavy atom. The van der Waals surface area contributed by atoms with Gasteiger partial charge in [-0.2, -0.15) is 18.4 Å². The predicted octanol–water partition coefficient (Wildman–Crippen LogP) is 2.98. The number of hydrogen-bond donors (Lipinski definition) is 2. The molecule has 0 radical (unpaired) electrons. The standard InChI is InChI=1S/C16H14F3N3O2S/c17-16(18,19)15-7-14(6-5-13(15)9-21)22-25(23,24)10-12-3-1-11(8-20)2-4-12/h1-7,22H,9-10,21H2. The summed E-state index contributed by atoms with van der Waals surface area (Å²) in [5, 5.41) is 8.71. The summed E-state index contributed by atoms with van der Waals surface area (Å²) in [6, 6.07) is 10.9. The third kappa shape index (κ3) is 4.95. The molecule has 0 aliphatic rings. The van der Waals surface area contributed by atoms with Crippen LogP contribution in [0.15, 0.2) is 42.5 Å². The number of rotatable bonds is 5. The van der Waals surface area contributed by atoms with Crippen LogP contribution in [0.3, 0.4) is 0 Å². The van der Waals surface area contributed by atoms with E-state index in [0.717, 1.165) is 12.1 Å². The molecule has 0 unspecified atom stereocenters. The molecule has 0 fully saturated rings. The zero-order valence-corrected chi connectivity index (χ0v) is 13.7. The molecule has 2 aromatic carbocycles. The van der Waals surface area contributed by atoms with E-state index in [4.69, 9.17) is 11.0 Å². The van der Waals surface area contributed by atoms with Gasteiger partial charge in [0.25, 0.3) is 0 Å². The molecule has 0 spiro atoms. The molecular weight excluding hydrogens is 355 g/mol. The molecule has 0 bridgehead atoms. The first kappa shape index (κ1) is 18.8. The first-order valence-electron chi connectivity index (χ1n) is 7.04. The third-order valence-corrected chi connectivity index (χ3v) is 4.61. The number of sulfonamides is 1. The summed E-state index contributed by atoms with van der Waals surface area (Å²) in [6.07, 6.45) is -4.64. The highest BCUT2D eigenvalue weighted by Gasteiger charge is 2.33. The van der Waals surface area contributed by atoms with Crippen LogP contribution < -0.4 is 10.5 Å². The molecule has 0 atom stereocenters. The van der Waals surface area contributed by atoms with E-state index in [1.165, 1.54) is 30.3 Å². The van der Waals surface area contributed by atoms with Crippen molar-refractivity contribution in [2.45, 2.75) is 18.5 Å². The number of alkyl halides is 3. The highest BCUT2D eigenvalue weighted by molar-refractivity contribution is 7.91. The monoisotopic (exact) mass is 369 g/mol. The van der Waals surface area contributed by atoms with E-state index in [1.54, 1.807) is 0 Å². The summed E-state index contributed by atoms with van der Waals surface area (Å²) < 4.78 is 65.5. The van der Waals surface area contributed by atoms with Gasteiger partial charge in [0.05, 0.1) is 22.9 Å². The molecule has 2 rings (SSSR count). The summed E-state index contributed by atoms with van der Waals surface area (Å²) in [6.45, 7) is -0.312. The lowest BCUT2D eigenvalue weighted by Crippen LogP contribution is -2.17. The SMILES string of the molecule is N#Cc1ccc(CS(=O)(=O)Nc2ccc(CN)c(C(F)(F)F)c2)cc1. The minimum absolute atomic E-state index is 0.123. The number of anilines is 1. The van der Waals surface area contributed by atoms with Crippen molar-refractivity contribution in [1.29, 1.82) is 5.26 Å². The number of nitrogens with two attached hydrogens (primary N) is 1. The van der Waals surface area contributed by atoms with E-state index in [-0.39, 0.29) is 17.8 Å². The van der Waals surface area contributed by atoms with Crippen LogP contribution in [-0.2, 0) is 28.5 Å². The lowest BCUT2D eigenvalue weighted by molar-refractivity contribution is -0.138. The summed E-state index contributed by atoms with van der Waals surface area (Å²) in [7, 11) is -3.92. The summed E-state index contributed by atoms with van der Waals surface area (Å²) in [5.74, 6) is -0.432. The molecule has 0 saturated carbocycles. The number of hydrogen-bond acceptors (Lipinski definition) is 4.